The monoisotopic (exact) mass is 204 g/mol. The SMILES string of the molecule is C=C1CC[C@@H](C(C)C)C[C@H]2C(C)=CC[C@H]12. The Bertz CT molecular complexity index is 282. The van der Waals surface area contributed by atoms with E-state index in [1.54, 1.807) is 5.57 Å². The molecule has 1 saturated carbocycles. The van der Waals surface area contributed by atoms with Gasteiger partial charge in [0.05, 0.1) is 0 Å². The molecule has 84 valence electrons. The maximum absolute atomic E-state index is 4.31. The van der Waals surface area contributed by atoms with E-state index in [0.717, 1.165) is 23.7 Å². The van der Waals surface area contributed by atoms with Crippen LogP contribution in [0.25, 0.3) is 0 Å². The normalized spacial score (nSPS) is 36.4. The third kappa shape index (κ3) is 2.04. The van der Waals surface area contributed by atoms with Crippen LogP contribution in [-0.2, 0) is 0 Å². The van der Waals surface area contributed by atoms with Crippen LogP contribution in [0.3, 0.4) is 0 Å². The Labute approximate surface area is 94.5 Å². The van der Waals surface area contributed by atoms with E-state index in [-0.39, 0.29) is 0 Å². The highest BCUT2D eigenvalue weighted by Crippen LogP contribution is 2.46. The maximum Gasteiger partial charge on any atom is -0.0106 e. The van der Waals surface area contributed by atoms with Crippen molar-refractivity contribution < 1.29 is 0 Å². The molecule has 0 heteroatoms. The Morgan fingerprint density at radius 2 is 2.07 bits per heavy atom. The third-order valence-electron chi connectivity index (χ3n) is 4.62. The van der Waals surface area contributed by atoms with Gasteiger partial charge in [-0.15, -0.1) is 0 Å². The Balaban J connectivity index is 2.16. The highest BCUT2D eigenvalue weighted by atomic mass is 14.4. The van der Waals surface area contributed by atoms with Gasteiger partial charge in [0.25, 0.3) is 0 Å². The van der Waals surface area contributed by atoms with Crippen molar-refractivity contribution in [2.24, 2.45) is 23.7 Å². The summed E-state index contributed by atoms with van der Waals surface area (Å²) in [5, 5.41) is 0. The molecule has 0 heterocycles. The second-order valence-corrected chi connectivity index (χ2v) is 5.83. The molecular formula is C15H24. The molecule has 0 unspecified atom stereocenters. The molecule has 0 nitrogen and oxygen atoms in total. The fourth-order valence-corrected chi connectivity index (χ4v) is 3.35. The van der Waals surface area contributed by atoms with Crippen molar-refractivity contribution in [1.29, 1.82) is 0 Å². The van der Waals surface area contributed by atoms with Gasteiger partial charge in [-0.2, -0.15) is 0 Å². The van der Waals surface area contributed by atoms with Crippen molar-refractivity contribution in [1.82, 2.24) is 0 Å². The summed E-state index contributed by atoms with van der Waals surface area (Å²) < 4.78 is 0. The van der Waals surface area contributed by atoms with Gasteiger partial charge in [-0.25, -0.2) is 0 Å². The average Bonchev–Trinajstić information content (AvgIpc) is 2.43. The molecule has 2 rings (SSSR count). The summed E-state index contributed by atoms with van der Waals surface area (Å²) in [7, 11) is 0. The first-order valence-electron chi connectivity index (χ1n) is 6.44. The van der Waals surface area contributed by atoms with Crippen LogP contribution < -0.4 is 0 Å². The predicted octanol–water partition coefficient (Wildman–Crippen LogP) is 4.58. The molecule has 0 N–H and O–H groups in total. The first kappa shape index (κ1) is 11.0. The van der Waals surface area contributed by atoms with E-state index in [1.807, 2.05) is 0 Å². The summed E-state index contributed by atoms with van der Waals surface area (Å²) in [4.78, 5) is 0. The molecule has 1 fully saturated rings. The fraction of sp³-hybridized carbons (Fsp3) is 0.733. The zero-order valence-electron chi connectivity index (χ0n) is 10.4. The lowest BCUT2D eigenvalue weighted by Crippen LogP contribution is -2.15. The molecule has 0 bridgehead atoms. The van der Waals surface area contributed by atoms with Gasteiger partial charge >= 0.3 is 0 Å². The van der Waals surface area contributed by atoms with Crippen LogP contribution in [0, 0.1) is 23.7 Å². The lowest BCUT2D eigenvalue weighted by molar-refractivity contribution is 0.300. The van der Waals surface area contributed by atoms with E-state index in [0.29, 0.717) is 0 Å². The lowest BCUT2D eigenvalue weighted by Gasteiger charge is -2.24. The van der Waals surface area contributed by atoms with E-state index in [1.165, 1.54) is 31.3 Å². The molecule has 0 amide bonds. The van der Waals surface area contributed by atoms with E-state index < -0.39 is 0 Å². The van der Waals surface area contributed by atoms with Crippen molar-refractivity contribution in [3.8, 4) is 0 Å². The summed E-state index contributed by atoms with van der Waals surface area (Å²) in [5.41, 5.74) is 3.16. The van der Waals surface area contributed by atoms with E-state index >= 15 is 0 Å². The molecule has 0 aromatic rings. The van der Waals surface area contributed by atoms with E-state index in [4.69, 9.17) is 0 Å². The highest BCUT2D eigenvalue weighted by molar-refractivity contribution is 5.22. The summed E-state index contributed by atoms with van der Waals surface area (Å²) >= 11 is 0. The van der Waals surface area contributed by atoms with Gasteiger partial charge in [0.15, 0.2) is 0 Å². The summed E-state index contributed by atoms with van der Waals surface area (Å²) in [6.07, 6.45) is 7.76. The van der Waals surface area contributed by atoms with Gasteiger partial charge in [0, 0.05) is 0 Å². The van der Waals surface area contributed by atoms with Gasteiger partial charge < -0.3 is 0 Å². The van der Waals surface area contributed by atoms with Crippen molar-refractivity contribution >= 4 is 0 Å². The van der Waals surface area contributed by atoms with Gasteiger partial charge in [-0.3, -0.25) is 0 Å². The maximum atomic E-state index is 4.31. The molecule has 3 atom stereocenters. The first-order valence-corrected chi connectivity index (χ1v) is 6.44. The predicted molar refractivity (Wildman–Crippen MR) is 66.7 cm³/mol. The van der Waals surface area contributed by atoms with Gasteiger partial charge in [-0.1, -0.05) is 37.6 Å². The molecule has 0 aromatic carbocycles. The van der Waals surface area contributed by atoms with Crippen LogP contribution in [0.2, 0.25) is 0 Å². The number of fused-ring (bicyclic) bond motifs is 1. The van der Waals surface area contributed by atoms with Gasteiger partial charge in [-0.05, 0) is 56.3 Å². The highest BCUT2D eigenvalue weighted by Gasteiger charge is 2.34. The summed E-state index contributed by atoms with van der Waals surface area (Å²) in [6.45, 7) is 11.4. The van der Waals surface area contributed by atoms with Crippen molar-refractivity contribution in [3.05, 3.63) is 23.8 Å². The third-order valence-corrected chi connectivity index (χ3v) is 4.62. The topological polar surface area (TPSA) is 0 Å². The van der Waals surface area contributed by atoms with E-state index in [2.05, 4.69) is 33.4 Å². The zero-order chi connectivity index (χ0) is 11.0. The van der Waals surface area contributed by atoms with Crippen LogP contribution in [0.4, 0.5) is 0 Å². The fourth-order valence-electron chi connectivity index (χ4n) is 3.35. The van der Waals surface area contributed by atoms with Gasteiger partial charge in [0.2, 0.25) is 0 Å². The molecule has 2 aliphatic carbocycles. The number of allylic oxidation sites excluding steroid dienone is 3. The minimum Gasteiger partial charge on any atom is -0.0995 e. The molecule has 0 aromatic heterocycles. The molecule has 15 heavy (non-hydrogen) atoms. The minimum atomic E-state index is 0.786. The quantitative estimate of drug-likeness (QED) is 0.548. The molecule has 0 saturated heterocycles. The molecule has 0 aliphatic heterocycles. The molecular weight excluding hydrogens is 180 g/mol. The van der Waals surface area contributed by atoms with Crippen LogP contribution in [0.15, 0.2) is 23.8 Å². The Morgan fingerprint density at radius 1 is 1.33 bits per heavy atom. The van der Waals surface area contributed by atoms with E-state index in [9.17, 15) is 0 Å². The van der Waals surface area contributed by atoms with Gasteiger partial charge in [0.1, 0.15) is 0 Å². The standard InChI is InChI=1S/C15H24/c1-10(2)13-7-5-11(3)14-8-6-12(4)15(14)9-13/h6,10,13-15H,3,5,7-9H2,1-2,4H3/t13-,14-,15+/m1/s1. The largest absolute Gasteiger partial charge is 0.0995 e. The summed E-state index contributed by atoms with van der Waals surface area (Å²) in [5.74, 6) is 3.37. The van der Waals surface area contributed by atoms with Crippen LogP contribution in [0.5, 0.6) is 0 Å². The first-order chi connectivity index (χ1) is 7.09. The van der Waals surface area contributed by atoms with Crippen molar-refractivity contribution in [2.45, 2.75) is 46.5 Å². The molecule has 2 aliphatic rings. The Morgan fingerprint density at radius 3 is 2.73 bits per heavy atom. The van der Waals surface area contributed by atoms with Crippen LogP contribution in [0.1, 0.15) is 46.5 Å². The smallest absolute Gasteiger partial charge is 0.0106 e. The van der Waals surface area contributed by atoms with Crippen LogP contribution in [-0.4, -0.2) is 0 Å². The number of hydrogen-bond donors (Lipinski definition) is 0. The second-order valence-electron chi connectivity index (χ2n) is 5.83. The summed E-state index contributed by atoms with van der Waals surface area (Å²) in [6, 6.07) is 0. The lowest BCUT2D eigenvalue weighted by atomic mass is 9.80. The zero-order valence-corrected chi connectivity index (χ0v) is 10.4. The van der Waals surface area contributed by atoms with Crippen molar-refractivity contribution in [3.63, 3.8) is 0 Å². The average molecular weight is 204 g/mol. The van der Waals surface area contributed by atoms with Crippen molar-refractivity contribution in [2.75, 3.05) is 0 Å². The number of hydrogen-bond acceptors (Lipinski definition) is 0. The minimum absolute atomic E-state index is 0.786. The second kappa shape index (κ2) is 4.15. The Hall–Kier alpha value is -0.520. The number of rotatable bonds is 1. The molecule has 0 spiro atoms. The molecule has 0 radical (unpaired) electrons. The van der Waals surface area contributed by atoms with Crippen LogP contribution >= 0.6 is 0 Å². The Kier molecular flexibility index (Phi) is 3.04.